The van der Waals surface area contributed by atoms with Crippen LogP contribution in [0.25, 0.3) is 0 Å². The summed E-state index contributed by atoms with van der Waals surface area (Å²) in [6.45, 7) is 1.20. The highest BCUT2D eigenvalue weighted by atomic mass is 16.6. The van der Waals surface area contributed by atoms with Gasteiger partial charge in [0.05, 0.1) is 13.2 Å². The van der Waals surface area contributed by atoms with Crippen molar-refractivity contribution in [2.24, 2.45) is 5.73 Å². The lowest BCUT2D eigenvalue weighted by Gasteiger charge is -2.34. The first-order valence-corrected chi connectivity index (χ1v) is 11.2. The van der Waals surface area contributed by atoms with Gasteiger partial charge in [-0.05, 0) is 62.2 Å². The minimum absolute atomic E-state index is 0.141. The number of rotatable bonds is 11. The van der Waals surface area contributed by atoms with Crippen LogP contribution in [0.2, 0.25) is 0 Å². The highest BCUT2D eigenvalue weighted by Gasteiger charge is 2.50. The van der Waals surface area contributed by atoms with E-state index >= 15 is 0 Å². The third-order valence-corrected chi connectivity index (χ3v) is 5.72. The molecule has 1 aromatic heterocycles. The molecule has 1 unspecified atom stereocenters. The molecule has 3 rings (SSSR count). The molecule has 1 atom stereocenters. The molecule has 0 radical (unpaired) electrons. The number of aliphatic carboxylic acids is 1. The Morgan fingerprint density at radius 2 is 1.89 bits per heavy atom. The zero-order chi connectivity index (χ0) is 25.4. The number of amidine groups is 1. The van der Waals surface area contributed by atoms with Crippen LogP contribution in [-0.2, 0) is 20.7 Å². The van der Waals surface area contributed by atoms with Crippen LogP contribution in [0.1, 0.15) is 40.9 Å². The summed E-state index contributed by atoms with van der Waals surface area (Å²) in [4.78, 5) is 42.7. The summed E-state index contributed by atoms with van der Waals surface area (Å²) in [7, 11) is 1.54. The minimum Gasteiger partial charge on any atom is -0.497 e. The lowest BCUT2D eigenvalue weighted by atomic mass is 9.98. The second-order valence-corrected chi connectivity index (χ2v) is 8.12. The molecule has 2 heterocycles. The molecule has 0 aliphatic carbocycles. The normalized spacial score (nSPS) is 15.6. The van der Waals surface area contributed by atoms with Gasteiger partial charge in [0.15, 0.2) is 5.78 Å². The molecular weight excluding hydrogens is 454 g/mol. The van der Waals surface area contributed by atoms with Crippen molar-refractivity contribution in [2.45, 2.75) is 37.5 Å². The molecule has 1 aromatic carbocycles. The van der Waals surface area contributed by atoms with E-state index in [0.29, 0.717) is 37.2 Å². The predicted molar refractivity (Wildman–Crippen MR) is 126 cm³/mol. The van der Waals surface area contributed by atoms with Crippen molar-refractivity contribution in [3.05, 3.63) is 59.4 Å². The summed E-state index contributed by atoms with van der Waals surface area (Å²) < 4.78 is 11.0. The van der Waals surface area contributed by atoms with Gasteiger partial charge in [-0.1, -0.05) is 12.1 Å². The SMILES string of the molecule is COc1ccc(CCC(=O)C(NC(=O)c2ccc(C(=N)N)cn2)(OC2CCNCC2)C(=O)O)cc1. The fourth-order valence-corrected chi connectivity index (χ4v) is 3.69. The number of nitrogens with one attached hydrogen (secondary N) is 3. The third kappa shape index (κ3) is 6.40. The van der Waals surface area contributed by atoms with E-state index in [2.05, 4.69) is 15.6 Å². The fraction of sp³-hybridized carbons (Fsp3) is 0.375. The number of aromatic nitrogens is 1. The van der Waals surface area contributed by atoms with Gasteiger partial charge in [0.2, 0.25) is 0 Å². The van der Waals surface area contributed by atoms with Crippen molar-refractivity contribution in [3.63, 3.8) is 0 Å². The summed E-state index contributed by atoms with van der Waals surface area (Å²) in [6, 6.07) is 9.75. The van der Waals surface area contributed by atoms with E-state index in [4.69, 9.17) is 20.6 Å². The predicted octanol–water partition coefficient (Wildman–Crippen LogP) is 0.855. The smallest absolute Gasteiger partial charge is 0.365 e. The zero-order valence-corrected chi connectivity index (χ0v) is 19.4. The van der Waals surface area contributed by atoms with Gasteiger partial charge in [-0.15, -0.1) is 0 Å². The number of carbonyl (C=O) groups is 3. The number of carbonyl (C=O) groups excluding carboxylic acids is 2. The van der Waals surface area contributed by atoms with Gasteiger partial charge in [-0.25, -0.2) is 4.79 Å². The molecule has 1 amide bonds. The molecule has 0 bridgehead atoms. The number of carboxylic acids is 1. The van der Waals surface area contributed by atoms with Crippen LogP contribution >= 0.6 is 0 Å². The van der Waals surface area contributed by atoms with Crippen LogP contribution < -0.4 is 21.1 Å². The van der Waals surface area contributed by atoms with Gasteiger partial charge >= 0.3 is 11.7 Å². The summed E-state index contributed by atoms with van der Waals surface area (Å²) >= 11 is 0. The largest absolute Gasteiger partial charge is 0.497 e. The Labute approximate surface area is 202 Å². The first-order chi connectivity index (χ1) is 16.7. The molecule has 1 aliphatic heterocycles. The van der Waals surface area contributed by atoms with Crippen molar-refractivity contribution in [1.29, 1.82) is 5.41 Å². The standard InChI is InChI=1S/C24H29N5O6/c1-34-17-6-2-15(3-7-17)4-9-20(30)24(23(32)33,35-18-10-12-27-13-11-18)29-22(31)19-8-5-16(14-28-19)21(25)26/h2-3,5-8,14,18,27H,4,9-13H2,1H3,(H3,25,26)(H,29,31)(H,32,33). The Balaban J connectivity index is 1.84. The molecule has 0 spiro atoms. The molecular formula is C24H29N5O6. The Hall–Kier alpha value is -3.83. The number of Topliss-reactive ketones (excluding diaryl/α,β-unsaturated/α-hetero) is 1. The molecule has 35 heavy (non-hydrogen) atoms. The van der Waals surface area contributed by atoms with Gasteiger partial charge in [0.25, 0.3) is 5.91 Å². The lowest BCUT2D eigenvalue weighted by molar-refractivity contribution is -0.185. The molecule has 11 nitrogen and oxygen atoms in total. The van der Waals surface area contributed by atoms with Crippen molar-refractivity contribution >= 4 is 23.5 Å². The third-order valence-electron chi connectivity index (χ3n) is 5.72. The van der Waals surface area contributed by atoms with Gasteiger partial charge in [-0.3, -0.25) is 20.0 Å². The van der Waals surface area contributed by atoms with E-state index in [1.54, 1.807) is 31.4 Å². The van der Waals surface area contributed by atoms with E-state index in [1.807, 2.05) is 0 Å². The number of hydrogen-bond donors (Lipinski definition) is 5. The maximum atomic E-state index is 13.4. The molecule has 1 saturated heterocycles. The maximum absolute atomic E-state index is 13.4. The molecule has 1 fully saturated rings. The Kier molecular flexibility index (Phi) is 8.50. The molecule has 6 N–H and O–H groups in total. The van der Waals surface area contributed by atoms with E-state index in [1.165, 1.54) is 18.3 Å². The number of ketones is 1. The number of amides is 1. The summed E-state index contributed by atoms with van der Waals surface area (Å²) in [5.74, 6) is -2.86. The van der Waals surface area contributed by atoms with Crippen LogP contribution in [0.15, 0.2) is 42.6 Å². The van der Waals surface area contributed by atoms with E-state index < -0.39 is 29.5 Å². The molecule has 11 heteroatoms. The maximum Gasteiger partial charge on any atom is 0.365 e. The second kappa shape index (κ2) is 11.5. The Morgan fingerprint density at radius 3 is 2.43 bits per heavy atom. The van der Waals surface area contributed by atoms with E-state index in [9.17, 15) is 19.5 Å². The second-order valence-electron chi connectivity index (χ2n) is 8.12. The van der Waals surface area contributed by atoms with Crippen LogP contribution in [0.5, 0.6) is 5.75 Å². The number of nitrogens with two attached hydrogens (primary N) is 1. The summed E-state index contributed by atoms with van der Waals surface area (Å²) in [5.41, 5.74) is 3.79. The monoisotopic (exact) mass is 483 g/mol. The molecule has 0 saturated carbocycles. The van der Waals surface area contributed by atoms with Gasteiger partial charge < -0.3 is 30.9 Å². The number of benzene rings is 1. The van der Waals surface area contributed by atoms with Crippen LogP contribution in [-0.4, -0.2) is 65.6 Å². The Bertz CT molecular complexity index is 1070. The van der Waals surface area contributed by atoms with Crippen LogP contribution in [0, 0.1) is 5.41 Å². The fourth-order valence-electron chi connectivity index (χ4n) is 3.69. The quantitative estimate of drug-likeness (QED) is 0.134. The van der Waals surface area contributed by atoms with Crippen LogP contribution in [0.4, 0.5) is 0 Å². The number of pyridine rings is 1. The number of nitrogen functional groups attached to an aromatic ring is 1. The van der Waals surface area contributed by atoms with E-state index in [0.717, 1.165) is 5.56 Å². The Morgan fingerprint density at radius 1 is 1.20 bits per heavy atom. The van der Waals surface area contributed by atoms with Crippen molar-refractivity contribution in [1.82, 2.24) is 15.6 Å². The summed E-state index contributed by atoms with van der Waals surface area (Å²) in [5, 5.41) is 23.0. The number of ether oxygens (including phenoxy) is 2. The molecule has 186 valence electrons. The lowest BCUT2D eigenvalue weighted by Crippen LogP contribution is -2.64. The number of methoxy groups -OCH3 is 1. The number of hydrogen-bond acceptors (Lipinski definition) is 8. The molecule has 2 aromatic rings. The van der Waals surface area contributed by atoms with Crippen molar-refractivity contribution in [3.8, 4) is 5.75 Å². The molecule has 1 aliphatic rings. The minimum atomic E-state index is -2.58. The highest BCUT2D eigenvalue weighted by molar-refractivity contribution is 6.10. The zero-order valence-electron chi connectivity index (χ0n) is 19.4. The van der Waals surface area contributed by atoms with Crippen LogP contribution in [0.3, 0.4) is 0 Å². The van der Waals surface area contributed by atoms with Crippen molar-refractivity contribution in [2.75, 3.05) is 20.2 Å². The summed E-state index contributed by atoms with van der Waals surface area (Å²) in [6.07, 6.45) is 1.73. The number of aryl methyl sites for hydroxylation is 1. The van der Waals surface area contributed by atoms with E-state index in [-0.39, 0.29) is 24.4 Å². The topological polar surface area (TPSA) is 177 Å². The van der Waals surface area contributed by atoms with Crippen molar-refractivity contribution < 1.29 is 29.0 Å². The van der Waals surface area contributed by atoms with Gasteiger partial charge in [0.1, 0.15) is 17.3 Å². The first-order valence-electron chi connectivity index (χ1n) is 11.2. The first kappa shape index (κ1) is 25.8. The number of nitrogens with zero attached hydrogens (tertiary/aromatic N) is 1. The van der Waals surface area contributed by atoms with Gasteiger partial charge in [-0.2, -0.15) is 0 Å². The van der Waals surface area contributed by atoms with Gasteiger partial charge in [0, 0.05) is 18.2 Å². The average Bonchev–Trinajstić information content (AvgIpc) is 2.87. The average molecular weight is 484 g/mol. The number of piperidine rings is 1. The highest BCUT2D eigenvalue weighted by Crippen LogP contribution is 2.22. The number of carboxylic acid groups (broad SMARTS) is 1.